The fourth-order valence-corrected chi connectivity index (χ4v) is 5.75. The number of rotatable bonds is 5. The van der Waals surface area contributed by atoms with Crippen molar-refractivity contribution >= 4 is 28.8 Å². The smallest absolute Gasteiger partial charge is 0.265 e. The van der Waals surface area contributed by atoms with E-state index in [1.54, 1.807) is 22.6 Å². The van der Waals surface area contributed by atoms with E-state index in [0.717, 1.165) is 46.6 Å². The Balaban J connectivity index is 1.79. The third-order valence-electron chi connectivity index (χ3n) is 6.83. The van der Waals surface area contributed by atoms with Crippen molar-refractivity contribution in [1.29, 1.82) is 0 Å². The van der Waals surface area contributed by atoms with Crippen molar-refractivity contribution in [2.75, 3.05) is 7.05 Å². The van der Waals surface area contributed by atoms with Crippen LogP contribution in [0.3, 0.4) is 0 Å². The zero-order valence-corrected chi connectivity index (χ0v) is 21.7. The summed E-state index contributed by atoms with van der Waals surface area (Å²) in [5.41, 5.74) is 6.36. The molecule has 0 radical (unpaired) electrons. The third kappa shape index (κ3) is 3.81. The lowest BCUT2D eigenvalue weighted by Gasteiger charge is -2.22. The predicted octanol–water partition coefficient (Wildman–Crippen LogP) is 6.55. The van der Waals surface area contributed by atoms with Crippen LogP contribution in [0.5, 0.6) is 0 Å². The number of amides is 1. The number of fused-ring (bicyclic) bond motifs is 1. The number of pyridine rings is 1. The fraction of sp³-hybridized carbons (Fsp3) is 0.250. The first-order valence-electron chi connectivity index (χ1n) is 11.8. The van der Waals surface area contributed by atoms with Crippen LogP contribution in [0, 0.1) is 0 Å². The minimum atomic E-state index is -0.213. The maximum Gasteiger partial charge on any atom is 0.265 e. The first kappa shape index (κ1) is 23.5. The van der Waals surface area contributed by atoms with Crippen molar-refractivity contribution in [2.24, 2.45) is 0 Å². The van der Waals surface area contributed by atoms with Crippen molar-refractivity contribution in [3.63, 3.8) is 0 Å². The molecule has 0 fully saturated rings. The number of hydrogen-bond acceptors (Lipinski definition) is 4. The number of hydrogen-bond donors (Lipinski definition) is 0. The van der Waals surface area contributed by atoms with Gasteiger partial charge < -0.3 is 4.90 Å². The van der Waals surface area contributed by atoms with Crippen molar-refractivity contribution in [3.05, 3.63) is 91.7 Å². The van der Waals surface area contributed by atoms with Crippen LogP contribution in [0.1, 0.15) is 54.0 Å². The molecule has 1 unspecified atom stereocenters. The first-order valence-corrected chi connectivity index (χ1v) is 13.0. The lowest BCUT2D eigenvalue weighted by Crippen LogP contribution is -2.27. The van der Waals surface area contributed by atoms with E-state index in [-0.39, 0.29) is 17.5 Å². The largest absolute Gasteiger partial charge is 0.333 e. The zero-order chi connectivity index (χ0) is 24.9. The van der Waals surface area contributed by atoms with Gasteiger partial charge in [0.25, 0.3) is 11.5 Å². The van der Waals surface area contributed by atoms with Crippen LogP contribution in [-0.4, -0.2) is 27.4 Å². The van der Waals surface area contributed by atoms with E-state index in [1.807, 2.05) is 42.6 Å². The number of aromatic nitrogens is 2. The molecule has 5 nitrogen and oxygen atoms in total. The van der Waals surface area contributed by atoms with Crippen molar-refractivity contribution in [2.45, 2.75) is 39.7 Å². The Hall–Kier alpha value is -3.22. The third-order valence-corrected chi connectivity index (χ3v) is 7.96. The summed E-state index contributed by atoms with van der Waals surface area (Å²) in [6.45, 7) is 6.15. The number of aryl methyl sites for hydroxylation is 2. The van der Waals surface area contributed by atoms with Crippen LogP contribution >= 0.6 is 22.9 Å². The molecule has 1 atom stereocenters. The van der Waals surface area contributed by atoms with Crippen LogP contribution in [0.2, 0.25) is 5.02 Å². The second-order valence-electron chi connectivity index (χ2n) is 8.77. The van der Waals surface area contributed by atoms with Gasteiger partial charge >= 0.3 is 0 Å². The Morgan fingerprint density at radius 3 is 2.29 bits per heavy atom. The highest BCUT2D eigenvalue weighted by molar-refractivity contribution is 7.13. The number of halogens is 1. The molecule has 0 spiro atoms. The predicted molar refractivity (Wildman–Crippen MR) is 143 cm³/mol. The van der Waals surface area contributed by atoms with E-state index in [1.165, 1.54) is 11.3 Å². The maximum atomic E-state index is 14.2. The van der Waals surface area contributed by atoms with Crippen LogP contribution in [0.15, 0.2) is 58.7 Å². The van der Waals surface area contributed by atoms with E-state index in [4.69, 9.17) is 16.6 Å². The molecule has 4 aromatic rings. The Morgan fingerprint density at radius 2 is 1.66 bits per heavy atom. The molecule has 0 aliphatic carbocycles. The maximum absolute atomic E-state index is 14.2. The van der Waals surface area contributed by atoms with E-state index in [0.29, 0.717) is 21.2 Å². The van der Waals surface area contributed by atoms with Gasteiger partial charge in [-0.3, -0.25) is 14.2 Å². The van der Waals surface area contributed by atoms with Gasteiger partial charge in [0.05, 0.1) is 34.2 Å². The fourth-order valence-electron chi connectivity index (χ4n) is 4.79. The molecular weight excluding hydrogens is 478 g/mol. The SMILES string of the molecule is CCc1cccc(CC)c1-n1c2c(cc(-c3nc(-c4ccc(Cl)cc4)cs3)c1=O)C(=O)N(C)C2C. The van der Waals surface area contributed by atoms with Crippen LogP contribution in [0.4, 0.5) is 0 Å². The molecule has 2 aromatic heterocycles. The van der Waals surface area contributed by atoms with E-state index >= 15 is 0 Å². The molecule has 3 heterocycles. The lowest BCUT2D eigenvalue weighted by atomic mass is 10.0. The molecule has 1 amide bonds. The Bertz CT molecular complexity index is 1480. The van der Waals surface area contributed by atoms with Gasteiger partial charge in [0, 0.05) is 23.0 Å². The number of carbonyl (C=O) groups is 1. The molecule has 2 aromatic carbocycles. The minimum Gasteiger partial charge on any atom is -0.333 e. The van der Waals surface area contributed by atoms with Gasteiger partial charge in [-0.15, -0.1) is 11.3 Å². The van der Waals surface area contributed by atoms with Gasteiger partial charge in [-0.25, -0.2) is 4.98 Å². The molecule has 0 saturated heterocycles. The molecule has 35 heavy (non-hydrogen) atoms. The molecule has 0 saturated carbocycles. The van der Waals surface area contributed by atoms with Gasteiger partial charge in [0.15, 0.2) is 0 Å². The molecular formula is C28H26ClN3O2S. The summed E-state index contributed by atoms with van der Waals surface area (Å²) in [6, 6.07) is 15.2. The zero-order valence-electron chi connectivity index (χ0n) is 20.1. The number of carbonyl (C=O) groups excluding carboxylic acids is 1. The summed E-state index contributed by atoms with van der Waals surface area (Å²) in [6.07, 6.45) is 1.56. The van der Waals surface area contributed by atoms with Crippen LogP contribution < -0.4 is 5.56 Å². The second-order valence-corrected chi connectivity index (χ2v) is 10.1. The van der Waals surface area contributed by atoms with Crippen LogP contribution in [0.25, 0.3) is 27.5 Å². The molecule has 5 rings (SSSR count). The first-order chi connectivity index (χ1) is 16.8. The van der Waals surface area contributed by atoms with Gasteiger partial charge in [0.2, 0.25) is 0 Å². The summed E-state index contributed by atoms with van der Waals surface area (Å²) in [5, 5.41) is 3.19. The minimum absolute atomic E-state index is 0.0796. The summed E-state index contributed by atoms with van der Waals surface area (Å²) in [7, 11) is 1.79. The Morgan fingerprint density at radius 1 is 1.00 bits per heavy atom. The molecule has 0 N–H and O–H groups in total. The van der Waals surface area contributed by atoms with Gasteiger partial charge in [-0.05, 0) is 49.1 Å². The van der Waals surface area contributed by atoms with E-state index in [2.05, 4.69) is 26.0 Å². The number of nitrogens with zero attached hydrogens (tertiary/aromatic N) is 3. The molecule has 178 valence electrons. The monoisotopic (exact) mass is 503 g/mol. The Kier molecular flexibility index (Phi) is 6.11. The van der Waals surface area contributed by atoms with Crippen molar-refractivity contribution in [1.82, 2.24) is 14.5 Å². The van der Waals surface area contributed by atoms with Crippen molar-refractivity contribution in [3.8, 4) is 27.5 Å². The summed E-state index contributed by atoms with van der Waals surface area (Å²) >= 11 is 7.45. The second kappa shape index (κ2) is 9.10. The standard InChI is InChI=1S/C28H26ClN3O2S/c1-5-17-8-7-9-18(6-2)25(17)32-24-16(3)31(4)27(33)21(24)14-22(28(32)34)26-30-23(15-35-26)19-10-12-20(29)13-11-19/h7-16H,5-6H2,1-4H3. The number of thiazole rings is 1. The highest BCUT2D eigenvalue weighted by Crippen LogP contribution is 2.37. The average Bonchev–Trinajstić information content (AvgIpc) is 3.44. The topological polar surface area (TPSA) is 55.2 Å². The molecule has 7 heteroatoms. The van der Waals surface area contributed by atoms with Gasteiger partial charge in [-0.1, -0.05) is 55.8 Å². The summed E-state index contributed by atoms with van der Waals surface area (Å²) in [4.78, 5) is 33.9. The normalized spacial score (nSPS) is 15.1. The summed E-state index contributed by atoms with van der Waals surface area (Å²) < 4.78 is 1.79. The highest BCUT2D eigenvalue weighted by Gasteiger charge is 2.37. The number of benzene rings is 2. The number of para-hydroxylation sites is 1. The summed E-state index contributed by atoms with van der Waals surface area (Å²) in [5.74, 6) is -0.0796. The molecule has 1 aliphatic rings. The van der Waals surface area contributed by atoms with E-state index in [9.17, 15) is 9.59 Å². The lowest BCUT2D eigenvalue weighted by molar-refractivity contribution is 0.0783. The molecule has 1 aliphatic heterocycles. The highest BCUT2D eigenvalue weighted by atomic mass is 35.5. The van der Waals surface area contributed by atoms with E-state index < -0.39 is 0 Å². The average molecular weight is 504 g/mol. The quantitative estimate of drug-likeness (QED) is 0.310. The molecule has 0 bridgehead atoms. The van der Waals surface area contributed by atoms with Gasteiger partial charge in [0.1, 0.15) is 5.01 Å². The van der Waals surface area contributed by atoms with Crippen LogP contribution in [-0.2, 0) is 12.8 Å². The van der Waals surface area contributed by atoms with Crippen molar-refractivity contribution < 1.29 is 4.79 Å². The van der Waals surface area contributed by atoms with Gasteiger partial charge in [-0.2, -0.15) is 0 Å². The Labute approximate surface area is 213 Å².